The largest absolute Gasteiger partial charge is 0.311 e. The van der Waals surface area contributed by atoms with E-state index in [1.165, 1.54) is 0 Å². The Kier molecular flexibility index (Phi) is 5.24. The van der Waals surface area contributed by atoms with Crippen molar-refractivity contribution in [1.82, 2.24) is 4.57 Å². The summed E-state index contributed by atoms with van der Waals surface area (Å²) in [6.07, 6.45) is 0. The lowest BCUT2D eigenvalue weighted by Gasteiger charge is -2.14. The molecule has 0 saturated carbocycles. The molecule has 4 nitrogen and oxygen atoms in total. The summed E-state index contributed by atoms with van der Waals surface area (Å²) < 4.78 is 2.13. The van der Waals surface area contributed by atoms with E-state index in [4.69, 9.17) is 13.1 Å². The van der Waals surface area contributed by atoms with Crippen molar-refractivity contribution >= 4 is 33.2 Å². The minimum atomic E-state index is 0.491. The number of rotatable bonds is 3. The molecule has 0 fully saturated rings. The SMILES string of the molecule is [C-]#[N+]c1cc(-c2cccc(-c3ccccc3)c2C#N)cc(-n2c3ccccc3c3cc([N+]#[C-])ccc32)c1. The average molecular weight is 471 g/mol. The zero-order chi connectivity index (χ0) is 25.4. The Bertz CT molecular complexity index is 1960. The van der Waals surface area contributed by atoms with Gasteiger partial charge in [-0.05, 0) is 58.5 Å². The van der Waals surface area contributed by atoms with E-state index < -0.39 is 0 Å². The van der Waals surface area contributed by atoms with E-state index in [2.05, 4.69) is 26.4 Å². The van der Waals surface area contributed by atoms with Gasteiger partial charge in [-0.3, -0.25) is 0 Å². The normalized spacial score (nSPS) is 10.6. The molecule has 0 N–H and O–H groups in total. The van der Waals surface area contributed by atoms with Gasteiger partial charge in [0.05, 0.1) is 29.7 Å². The number of nitrogens with zero attached hydrogens (tertiary/aromatic N) is 4. The van der Waals surface area contributed by atoms with Gasteiger partial charge in [-0.15, -0.1) is 0 Å². The highest BCUT2D eigenvalue weighted by Crippen LogP contribution is 2.38. The molecule has 0 aliphatic carbocycles. The second kappa shape index (κ2) is 8.86. The lowest BCUT2D eigenvalue weighted by molar-refractivity contribution is 1.18. The van der Waals surface area contributed by atoms with Crippen molar-refractivity contribution in [3.63, 3.8) is 0 Å². The van der Waals surface area contributed by atoms with Gasteiger partial charge in [-0.2, -0.15) is 5.26 Å². The van der Waals surface area contributed by atoms with Crippen LogP contribution in [0, 0.1) is 24.5 Å². The molecule has 5 aromatic carbocycles. The molecule has 0 aliphatic rings. The standard InChI is InChI=1S/C33H18N4/c1-35-24-15-16-33-30(20-24)29-11-6-7-14-32(29)37(33)26-18-23(17-25(19-26)36-2)28-13-8-12-27(31(28)21-34)22-9-4-3-5-10-22/h3-20H. The summed E-state index contributed by atoms with van der Waals surface area (Å²) in [5.41, 5.74) is 7.86. The third-order valence-electron chi connectivity index (χ3n) is 6.65. The van der Waals surface area contributed by atoms with Crippen LogP contribution < -0.4 is 0 Å². The first-order valence-corrected chi connectivity index (χ1v) is 11.7. The Labute approximate surface area is 214 Å². The molecule has 0 bridgehead atoms. The molecule has 4 heteroatoms. The van der Waals surface area contributed by atoms with E-state index in [1.807, 2.05) is 103 Å². The van der Waals surface area contributed by atoms with Crippen LogP contribution in [0.15, 0.2) is 109 Å². The molecule has 1 aromatic heterocycles. The maximum atomic E-state index is 10.2. The molecule has 0 spiro atoms. The van der Waals surface area contributed by atoms with Gasteiger partial charge in [0.2, 0.25) is 0 Å². The Hall–Kier alpha value is -5.63. The van der Waals surface area contributed by atoms with Crippen LogP contribution in [0.1, 0.15) is 5.56 Å². The predicted molar refractivity (Wildman–Crippen MR) is 149 cm³/mol. The summed E-state index contributed by atoms with van der Waals surface area (Å²) in [5.74, 6) is 0. The second-order valence-corrected chi connectivity index (χ2v) is 8.72. The Morgan fingerprint density at radius 2 is 1.30 bits per heavy atom. The predicted octanol–water partition coefficient (Wildman–Crippen LogP) is 9.09. The van der Waals surface area contributed by atoms with Gasteiger partial charge in [0.25, 0.3) is 0 Å². The van der Waals surface area contributed by atoms with Gasteiger partial charge in [0.1, 0.15) is 6.07 Å². The van der Waals surface area contributed by atoms with E-state index in [1.54, 1.807) is 0 Å². The molecule has 0 saturated heterocycles. The highest BCUT2D eigenvalue weighted by Gasteiger charge is 2.16. The maximum Gasteiger partial charge on any atom is 0.189 e. The van der Waals surface area contributed by atoms with Gasteiger partial charge < -0.3 is 4.57 Å². The fraction of sp³-hybridized carbons (Fsp3) is 0. The van der Waals surface area contributed by atoms with Gasteiger partial charge in [-0.25, -0.2) is 9.69 Å². The molecule has 0 atom stereocenters. The fourth-order valence-electron chi connectivity index (χ4n) is 5.02. The number of hydrogen-bond acceptors (Lipinski definition) is 1. The number of nitriles is 1. The van der Waals surface area contributed by atoms with Crippen LogP contribution in [0.5, 0.6) is 0 Å². The van der Waals surface area contributed by atoms with E-state index in [0.717, 1.165) is 49.7 Å². The molecular formula is C33H18N4. The third kappa shape index (κ3) is 3.60. The van der Waals surface area contributed by atoms with Crippen LogP contribution in [0.4, 0.5) is 11.4 Å². The van der Waals surface area contributed by atoms with E-state index in [-0.39, 0.29) is 0 Å². The van der Waals surface area contributed by atoms with Crippen LogP contribution in [-0.2, 0) is 0 Å². The number of fused-ring (bicyclic) bond motifs is 3. The third-order valence-corrected chi connectivity index (χ3v) is 6.65. The Balaban J connectivity index is 1.64. The molecule has 0 amide bonds. The molecule has 6 rings (SSSR count). The van der Waals surface area contributed by atoms with Crippen LogP contribution in [0.2, 0.25) is 0 Å². The highest BCUT2D eigenvalue weighted by molar-refractivity contribution is 6.10. The summed E-state index contributed by atoms with van der Waals surface area (Å²) in [6, 6.07) is 37.7. The van der Waals surface area contributed by atoms with Crippen molar-refractivity contribution in [1.29, 1.82) is 5.26 Å². The smallest absolute Gasteiger partial charge is 0.189 e. The number of para-hydroxylation sites is 1. The summed E-state index contributed by atoms with van der Waals surface area (Å²) in [7, 11) is 0. The van der Waals surface area contributed by atoms with Gasteiger partial charge >= 0.3 is 0 Å². The van der Waals surface area contributed by atoms with Crippen molar-refractivity contribution in [2.24, 2.45) is 0 Å². The van der Waals surface area contributed by atoms with Crippen molar-refractivity contribution in [2.75, 3.05) is 0 Å². The Morgan fingerprint density at radius 1 is 0.595 bits per heavy atom. The van der Waals surface area contributed by atoms with E-state index in [0.29, 0.717) is 16.9 Å². The van der Waals surface area contributed by atoms with Crippen LogP contribution >= 0.6 is 0 Å². The molecule has 0 aliphatic heterocycles. The molecule has 1 heterocycles. The van der Waals surface area contributed by atoms with Crippen LogP contribution in [0.3, 0.4) is 0 Å². The van der Waals surface area contributed by atoms with Crippen molar-refractivity contribution in [2.45, 2.75) is 0 Å². The van der Waals surface area contributed by atoms with Gasteiger partial charge in [-0.1, -0.05) is 72.8 Å². The molecule has 6 aromatic rings. The number of aromatic nitrogens is 1. The van der Waals surface area contributed by atoms with Crippen molar-refractivity contribution in [3.05, 3.63) is 138 Å². The van der Waals surface area contributed by atoms with E-state index >= 15 is 0 Å². The average Bonchev–Trinajstić information content (AvgIpc) is 3.30. The van der Waals surface area contributed by atoms with E-state index in [9.17, 15) is 5.26 Å². The minimum Gasteiger partial charge on any atom is -0.311 e. The molecular weight excluding hydrogens is 452 g/mol. The number of benzene rings is 5. The van der Waals surface area contributed by atoms with Gasteiger partial charge in [0.15, 0.2) is 11.4 Å². The zero-order valence-corrected chi connectivity index (χ0v) is 19.7. The summed E-state index contributed by atoms with van der Waals surface area (Å²) in [5, 5.41) is 12.2. The quantitative estimate of drug-likeness (QED) is 0.238. The lowest BCUT2D eigenvalue weighted by Crippen LogP contribution is -1.95. The second-order valence-electron chi connectivity index (χ2n) is 8.72. The summed E-state index contributed by atoms with van der Waals surface area (Å²) >= 11 is 0. The lowest BCUT2D eigenvalue weighted by atomic mass is 9.92. The molecule has 0 unspecified atom stereocenters. The number of hydrogen-bond donors (Lipinski definition) is 0. The van der Waals surface area contributed by atoms with Crippen molar-refractivity contribution in [3.8, 4) is 34.0 Å². The van der Waals surface area contributed by atoms with Gasteiger partial charge in [0, 0.05) is 16.6 Å². The Morgan fingerprint density at radius 3 is 2.05 bits per heavy atom. The first kappa shape index (κ1) is 21.9. The monoisotopic (exact) mass is 470 g/mol. The minimum absolute atomic E-state index is 0.491. The van der Waals surface area contributed by atoms with Crippen LogP contribution in [0.25, 0.3) is 59.4 Å². The zero-order valence-electron chi connectivity index (χ0n) is 19.7. The highest BCUT2D eigenvalue weighted by atomic mass is 15.0. The topological polar surface area (TPSA) is 37.4 Å². The molecule has 0 radical (unpaired) electrons. The first-order valence-electron chi connectivity index (χ1n) is 11.7. The maximum absolute atomic E-state index is 10.2. The first-order chi connectivity index (χ1) is 18.2. The fourth-order valence-corrected chi connectivity index (χ4v) is 5.02. The summed E-state index contributed by atoms with van der Waals surface area (Å²) in [4.78, 5) is 7.38. The van der Waals surface area contributed by atoms with Crippen LogP contribution in [-0.4, -0.2) is 4.57 Å². The molecule has 37 heavy (non-hydrogen) atoms. The summed E-state index contributed by atoms with van der Waals surface area (Å²) in [6.45, 7) is 15.2. The van der Waals surface area contributed by atoms with Crippen molar-refractivity contribution < 1.29 is 0 Å². The molecule has 170 valence electrons.